The maximum atomic E-state index is 13.1. The fourth-order valence-electron chi connectivity index (χ4n) is 2.79. The molecule has 0 bridgehead atoms. The van der Waals surface area contributed by atoms with Crippen LogP contribution in [0.15, 0.2) is 44.8 Å². The number of hydrogen-bond acceptors (Lipinski definition) is 10. The Kier molecular flexibility index (Phi) is 13.0. The third kappa shape index (κ3) is 10.9. The van der Waals surface area contributed by atoms with Gasteiger partial charge in [0.25, 0.3) is 0 Å². The quantitative estimate of drug-likeness (QED) is 0.204. The highest BCUT2D eigenvalue weighted by molar-refractivity contribution is 14.1. The van der Waals surface area contributed by atoms with E-state index in [0.29, 0.717) is 26.1 Å². The summed E-state index contributed by atoms with van der Waals surface area (Å²) in [4.78, 5) is 33.1. The minimum Gasteiger partial charge on any atom is -0.381 e. The Morgan fingerprint density at radius 1 is 0.838 bits per heavy atom. The second-order valence-corrected chi connectivity index (χ2v) is 8.57. The molecular formula is C21H28F2IN11O2. The van der Waals surface area contributed by atoms with Gasteiger partial charge in [-0.05, 0) is 30.1 Å². The van der Waals surface area contributed by atoms with Crippen molar-refractivity contribution < 1.29 is 8.78 Å². The molecule has 4 rings (SSSR count). The van der Waals surface area contributed by atoms with Crippen LogP contribution in [0.5, 0.6) is 0 Å². The number of hydrogen-bond donors (Lipinski definition) is 2. The molecule has 3 aromatic heterocycles. The predicted molar refractivity (Wildman–Crippen MR) is 145 cm³/mol. The Labute approximate surface area is 224 Å². The molecule has 0 fully saturated rings. The summed E-state index contributed by atoms with van der Waals surface area (Å²) in [5.74, 6) is -2.01. The molecule has 1 aliphatic heterocycles. The molecule has 3 aromatic rings. The summed E-state index contributed by atoms with van der Waals surface area (Å²) in [5, 5.41) is 11.0. The topological polar surface area (TPSA) is 177 Å². The number of alkyl halides is 1. The Bertz CT molecular complexity index is 1270. The summed E-state index contributed by atoms with van der Waals surface area (Å²) >= 11 is 2.25. The molecule has 16 heteroatoms. The summed E-state index contributed by atoms with van der Waals surface area (Å²) in [6.45, 7) is 1.60. The van der Waals surface area contributed by atoms with Crippen molar-refractivity contribution in [3.63, 3.8) is 0 Å². The molecule has 0 saturated heterocycles. The number of aryl methyl sites for hydroxylation is 3. The largest absolute Gasteiger partial charge is 0.381 e. The molecule has 0 saturated carbocycles. The van der Waals surface area contributed by atoms with Gasteiger partial charge in [0, 0.05) is 50.9 Å². The smallest absolute Gasteiger partial charge is 0.349 e. The van der Waals surface area contributed by atoms with Crippen molar-refractivity contribution in [1.82, 2.24) is 33.9 Å². The van der Waals surface area contributed by atoms with Crippen LogP contribution in [0.3, 0.4) is 0 Å². The molecule has 37 heavy (non-hydrogen) atoms. The van der Waals surface area contributed by atoms with Crippen molar-refractivity contribution in [3.05, 3.63) is 57.7 Å². The van der Waals surface area contributed by atoms with Gasteiger partial charge in [-0.1, -0.05) is 22.6 Å². The van der Waals surface area contributed by atoms with E-state index >= 15 is 0 Å². The van der Waals surface area contributed by atoms with Crippen molar-refractivity contribution in [2.24, 2.45) is 10.2 Å². The fourth-order valence-corrected chi connectivity index (χ4v) is 3.33. The molecule has 1 aliphatic rings. The molecule has 200 valence electrons. The van der Waals surface area contributed by atoms with Crippen LogP contribution in [0.1, 0.15) is 32.1 Å². The highest BCUT2D eigenvalue weighted by Crippen LogP contribution is 2.04. The first-order valence-electron chi connectivity index (χ1n) is 11.3. The average Bonchev–Trinajstić information content (AvgIpc) is 3.61. The third-order valence-corrected chi connectivity index (χ3v) is 5.44. The molecular weight excluding hydrogens is 603 g/mol. The maximum absolute atomic E-state index is 13.1. The SMILES string of the molecule is C1=NN=CC1.Nc1nc(=O)n(CCCCI)cc1F.Nc1nc(=O)n(CCCCn2cncn2)cc1F. The van der Waals surface area contributed by atoms with E-state index in [0.717, 1.165) is 42.5 Å². The second-order valence-electron chi connectivity index (χ2n) is 7.49. The van der Waals surface area contributed by atoms with E-state index in [2.05, 4.69) is 52.8 Å². The summed E-state index contributed by atoms with van der Waals surface area (Å²) in [6.07, 6.45) is 13.1. The first kappa shape index (κ1) is 29.7. The summed E-state index contributed by atoms with van der Waals surface area (Å²) in [5.41, 5.74) is 9.31. The number of anilines is 2. The normalized spacial score (nSPS) is 11.5. The van der Waals surface area contributed by atoms with Crippen LogP contribution in [-0.4, -0.2) is 50.7 Å². The number of aromatic nitrogens is 7. The van der Waals surface area contributed by atoms with Crippen molar-refractivity contribution in [2.75, 3.05) is 15.9 Å². The second kappa shape index (κ2) is 16.2. The molecule has 0 amide bonds. The van der Waals surface area contributed by atoms with E-state index in [4.69, 9.17) is 11.5 Å². The van der Waals surface area contributed by atoms with Gasteiger partial charge in [0.05, 0.1) is 0 Å². The van der Waals surface area contributed by atoms with Crippen LogP contribution in [0.2, 0.25) is 0 Å². The number of halogens is 3. The monoisotopic (exact) mass is 631 g/mol. The lowest BCUT2D eigenvalue weighted by Crippen LogP contribution is -2.24. The minimum absolute atomic E-state index is 0.333. The molecule has 0 unspecified atom stereocenters. The minimum atomic E-state index is -0.675. The van der Waals surface area contributed by atoms with Gasteiger partial charge in [0.1, 0.15) is 12.7 Å². The van der Waals surface area contributed by atoms with Gasteiger partial charge >= 0.3 is 11.4 Å². The van der Waals surface area contributed by atoms with Crippen LogP contribution in [-0.2, 0) is 19.6 Å². The predicted octanol–water partition coefficient (Wildman–Crippen LogP) is 1.66. The van der Waals surface area contributed by atoms with Crippen LogP contribution in [0.4, 0.5) is 20.4 Å². The van der Waals surface area contributed by atoms with Gasteiger partial charge in [-0.25, -0.2) is 23.4 Å². The lowest BCUT2D eigenvalue weighted by atomic mass is 10.3. The average molecular weight is 631 g/mol. The van der Waals surface area contributed by atoms with Crippen molar-refractivity contribution in [3.8, 4) is 0 Å². The van der Waals surface area contributed by atoms with E-state index in [1.807, 2.05) is 0 Å². The number of unbranched alkanes of at least 4 members (excludes halogenated alkanes) is 2. The molecule has 0 atom stereocenters. The number of rotatable bonds is 9. The van der Waals surface area contributed by atoms with Gasteiger partial charge in [0.15, 0.2) is 23.3 Å². The number of nitrogen functional groups attached to an aromatic ring is 2. The molecule has 0 spiro atoms. The molecule has 0 radical (unpaired) electrons. The first-order chi connectivity index (χ1) is 17.8. The van der Waals surface area contributed by atoms with Crippen LogP contribution in [0, 0.1) is 11.6 Å². The summed E-state index contributed by atoms with van der Waals surface area (Å²) in [6, 6.07) is 0. The Balaban J connectivity index is 0.000000224. The zero-order valence-corrected chi connectivity index (χ0v) is 22.1. The van der Waals surface area contributed by atoms with Gasteiger partial charge in [-0.3, -0.25) is 13.8 Å². The van der Waals surface area contributed by atoms with Crippen molar-refractivity contribution >= 4 is 46.7 Å². The standard InChI is InChI=1S/C10H13FN6O.C8H11FIN3O.C3H4N2/c11-8-5-16(10(18)15-9(8)12)3-1-2-4-17-7-13-6-14-17;9-6-5-13(4-2-1-3-10)8(14)12-7(6)11;1-2-4-5-3-1/h5-7H,1-4H2,(H2,12,15,18);5H,1-4H2,(H2,11,12,14);2-3H,1H2. The van der Waals surface area contributed by atoms with E-state index < -0.39 is 23.0 Å². The Morgan fingerprint density at radius 3 is 1.78 bits per heavy atom. The molecule has 0 aliphatic carbocycles. The molecule has 13 nitrogen and oxygen atoms in total. The molecule has 0 aromatic carbocycles. The van der Waals surface area contributed by atoms with E-state index in [-0.39, 0.29) is 11.6 Å². The highest BCUT2D eigenvalue weighted by atomic mass is 127. The van der Waals surface area contributed by atoms with Gasteiger partial charge < -0.3 is 11.5 Å². The summed E-state index contributed by atoms with van der Waals surface area (Å²) in [7, 11) is 0. The zero-order valence-electron chi connectivity index (χ0n) is 20.0. The third-order valence-electron chi connectivity index (χ3n) is 4.68. The maximum Gasteiger partial charge on any atom is 0.349 e. The van der Waals surface area contributed by atoms with Gasteiger partial charge in [0.2, 0.25) is 0 Å². The lowest BCUT2D eigenvalue weighted by molar-refractivity contribution is 0.500. The Morgan fingerprint density at radius 2 is 1.35 bits per heavy atom. The van der Waals surface area contributed by atoms with Crippen molar-refractivity contribution in [2.45, 2.75) is 51.7 Å². The van der Waals surface area contributed by atoms with E-state index in [1.54, 1.807) is 23.4 Å². The van der Waals surface area contributed by atoms with Crippen LogP contribution >= 0.6 is 22.6 Å². The first-order valence-corrected chi connectivity index (χ1v) is 12.8. The summed E-state index contributed by atoms with van der Waals surface area (Å²) < 4.78 is 31.2. The van der Waals surface area contributed by atoms with E-state index in [1.165, 1.54) is 15.5 Å². The van der Waals surface area contributed by atoms with Crippen molar-refractivity contribution in [1.29, 1.82) is 0 Å². The van der Waals surface area contributed by atoms with E-state index in [9.17, 15) is 18.4 Å². The highest BCUT2D eigenvalue weighted by Gasteiger charge is 2.05. The van der Waals surface area contributed by atoms with Gasteiger partial charge in [-0.15, -0.1) is 0 Å². The number of nitrogens with two attached hydrogens (primary N) is 2. The zero-order chi connectivity index (χ0) is 27.0. The number of nitrogens with zero attached hydrogens (tertiary/aromatic N) is 9. The Hall–Kier alpha value is -3.57. The fraction of sp³-hybridized carbons (Fsp3) is 0.429. The lowest BCUT2D eigenvalue weighted by Gasteiger charge is -2.05. The van der Waals surface area contributed by atoms with Gasteiger partial charge in [-0.2, -0.15) is 25.3 Å². The molecule has 4 heterocycles. The van der Waals surface area contributed by atoms with Crippen LogP contribution in [0.25, 0.3) is 0 Å². The molecule has 4 N–H and O–H groups in total. The van der Waals surface area contributed by atoms with Crippen LogP contribution < -0.4 is 22.8 Å².